The van der Waals surface area contributed by atoms with Crippen LogP contribution in [-0.4, -0.2) is 41.1 Å². The van der Waals surface area contributed by atoms with Crippen molar-refractivity contribution >= 4 is 17.7 Å². The highest BCUT2D eigenvalue weighted by molar-refractivity contribution is 8.00. The molecule has 0 aromatic heterocycles. The molecule has 1 aliphatic rings. The van der Waals surface area contributed by atoms with Gasteiger partial charge in [0.1, 0.15) is 0 Å². The van der Waals surface area contributed by atoms with Crippen LogP contribution < -0.4 is 0 Å². The van der Waals surface area contributed by atoms with Crippen molar-refractivity contribution in [2.75, 3.05) is 19.7 Å². The van der Waals surface area contributed by atoms with Crippen LogP contribution in [0.25, 0.3) is 0 Å². The van der Waals surface area contributed by atoms with Gasteiger partial charge in [0.2, 0.25) is 0 Å². The van der Waals surface area contributed by atoms with Crippen LogP contribution in [0.4, 0.5) is 13.2 Å². The lowest BCUT2D eigenvalue weighted by Crippen LogP contribution is -2.51. The van der Waals surface area contributed by atoms with E-state index in [1.807, 2.05) is 0 Å². The molecule has 0 aliphatic carbocycles. The summed E-state index contributed by atoms with van der Waals surface area (Å²) in [6, 6.07) is 5.36. The maximum Gasteiger partial charge on any atom is 0.446 e. The highest BCUT2D eigenvalue weighted by atomic mass is 32.2. The van der Waals surface area contributed by atoms with Crippen molar-refractivity contribution in [1.29, 1.82) is 0 Å². The summed E-state index contributed by atoms with van der Waals surface area (Å²) in [5.41, 5.74) is -3.96. The van der Waals surface area contributed by atoms with Gasteiger partial charge in [0, 0.05) is 36.1 Å². The fraction of sp³-hybridized carbons (Fsp3) is 0.417. The lowest BCUT2D eigenvalue weighted by Gasteiger charge is -2.38. The number of halogens is 3. The molecule has 1 aromatic carbocycles. The molecule has 1 N–H and O–H groups in total. The van der Waals surface area contributed by atoms with Gasteiger partial charge in [-0.15, -0.1) is 0 Å². The van der Waals surface area contributed by atoms with E-state index in [2.05, 4.69) is 0 Å². The molecule has 0 bridgehead atoms. The van der Waals surface area contributed by atoms with Crippen molar-refractivity contribution in [2.24, 2.45) is 5.92 Å². The molecular weight excluding hydrogens is 279 g/mol. The first-order valence-electron chi connectivity index (χ1n) is 5.65. The molecule has 0 saturated carbocycles. The largest absolute Gasteiger partial charge is 0.446 e. The summed E-state index contributed by atoms with van der Waals surface area (Å²) < 4.78 is 36.4. The van der Waals surface area contributed by atoms with Crippen molar-refractivity contribution in [3.05, 3.63) is 29.8 Å². The molecule has 0 radical (unpaired) electrons. The maximum atomic E-state index is 12.1. The van der Waals surface area contributed by atoms with Gasteiger partial charge in [-0.2, -0.15) is 13.2 Å². The van der Waals surface area contributed by atoms with Crippen LogP contribution in [0.5, 0.6) is 0 Å². The molecule has 104 valence electrons. The number of amides is 1. The minimum absolute atomic E-state index is 0.0466. The number of hydrogen-bond donors (Lipinski definition) is 1. The van der Waals surface area contributed by atoms with E-state index in [4.69, 9.17) is 5.11 Å². The van der Waals surface area contributed by atoms with Crippen LogP contribution in [0, 0.1) is 5.92 Å². The van der Waals surface area contributed by atoms with E-state index in [1.165, 1.54) is 24.3 Å². The molecule has 1 amide bonds. The second-order valence-corrected chi connectivity index (χ2v) is 5.47. The van der Waals surface area contributed by atoms with Crippen LogP contribution >= 0.6 is 11.8 Å². The Labute approximate surface area is 112 Å². The first-order chi connectivity index (χ1) is 8.89. The Morgan fingerprint density at radius 3 is 2.37 bits per heavy atom. The van der Waals surface area contributed by atoms with Crippen molar-refractivity contribution in [2.45, 2.75) is 10.4 Å². The molecule has 0 atom stereocenters. The summed E-state index contributed by atoms with van der Waals surface area (Å²) in [4.78, 5) is 13.5. The zero-order valence-electron chi connectivity index (χ0n) is 9.85. The molecule has 3 nitrogen and oxygen atoms in total. The van der Waals surface area contributed by atoms with Gasteiger partial charge in [-0.3, -0.25) is 4.79 Å². The summed E-state index contributed by atoms with van der Waals surface area (Å²) in [6.07, 6.45) is 0. The first kappa shape index (κ1) is 14.2. The normalized spacial score (nSPS) is 16.3. The third-order valence-corrected chi connectivity index (χ3v) is 3.58. The number of thioether (sulfide) groups is 1. The van der Waals surface area contributed by atoms with Gasteiger partial charge in [0.15, 0.2) is 0 Å². The third-order valence-electron chi connectivity index (χ3n) is 2.84. The van der Waals surface area contributed by atoms with Crippen LogP contribution in [0.15, 0.2) is 29.2 Å². The fourth-order valence-corrected chi connectivity index (χ4v) is 2.37. The van der Waals surface area contributed by atoms with Gasteiger partial charge in [-0.25, -0.2) is 0 Å². The van der Waals surface area contributed by atoms with E-state index in [9.17, 15) is 18.0 Å². The van der Waals surface area contributed by atoms with Crippen LogP contribution in [0.2, 0.25) is 0 Å². The summed E-state index contributed by atoms with van der Waals surface area (Å²) in [5, 5.41) is 8.85. The predicted octanol–water partition coefficient (Wildman–Crippen LogP) is 2.36. The topological polar surface area (TPSA) is 40.5 Å². The van der Waals surface area contributed by atoms with E-state index in [0.717, 1.165) is 0 Å². The van der Waals surface area contributed by atoms with Gasteiger partial charge in [-0.1, -0.05) is 0 Å². The Balaban J connectivity index is 1.97. The highest BCUT2D eigenvalue weighted by Gasteiger charge is 2.31. The van der Waals surface area contributed by atoms with Gasteiger partial charge in [0.25, 0.3) is 5.91 Å². The molecule has 1 aliphatic heterocycles. The molecule has 7 heteroatoms. The molecule has 2 rings (SSSR count). The molecular formula is C12H12F3NO2S. The van der Waals surface area contributed by atoms with Crippen molar-refractivity contribution in [3.8, 4) is 0 Å². The second kappa shape index (κ2) is 5.42. The SMILES string of the molecule is O=C(c1ccc(SC(F)(F)F)cc1)N1CC(CO)C1. The standard InChI is InChI=1S/C12H12F3NO2S/c13-12(14,15)19-10-3-1-9(2-4-10)11(18)16-5-8(6-16)7-17/h1-4,8,17H,5-7H2. The Bertz CT molecular complexity index is 455. The Kier molecular flexibility index (Phi) is 4.05. The maximum absolute atomic E-state index is 12.1. The van der Waals surface area contributed by atoms with Crippen molar-refractivity contribution in [3.63, 3.8) is 0 Å². The smallest absolute Gasteiger partial charge is 0.396 e. The summed E-state index contributed by atoms with van der Waals surface area (Å²) in [5.74, 6) is -0.0998. The molecule has 0 unspecified atom stereocenters. The zero-order chi connectivity index (χ0) is 14.0. The average Bonchev–Trinajstić information content (AvgIpc) is 2.26. The van der Waals surface area contributed by atoms with E-state index in [1.54, 1.807) is 4.90 Å². The lowest BCUT2D eigenvalue weighted by atomic mass is 10.00. The van der Waals surface area contributed by atoms with E-state index in [-0.39, 0.29) is 35.1 Å². The van der Waals surface area contributed by atoms with E-state index in [0.29, 0.717) is 18.7 Å². The van der Waals surface area contributed by atoms with Crippen LogP contribution in [0.1, 0.15) is 10.4 Å². The zero-order valence-corrected chi connectivity index (χ0v) is 10.7. The van der Waals surface area contributed by atoms with Crippen LogP contribution in [0.3, 0.4) is 0 Å². The Morgan fingerprint density at radius 1 is 1.32 bits per heavy atom. The summed E-state index contributed by atoms with van der Waals surface area (Å²) in [6.45, 7) is 1.04. The number of hydrogen-bond acceptors (Lipinski definition) is 3. The summed E-state index contributed by atoms with van der Waals surface area (Å²) in [7, 11) is 0. The molecule has 1 fully saturated rings. The monoisotopic (exact) mass is 291 g/mol. The third kappa shape index (κ3) is 3.63. The minimum Gasteiger partial charge on any atom is -0.396 e. The predicted molar refractivity (Wildman–Crippen MR) is 64.8 cm³/mol. The fourth-order valence-electron chi connectivity index (χ4n) is 1.83. The first-order valence-corrected chi connectivity index (χ1v) is 6.46. The molecule has 1 aromatic rings. The average molecular weight is 291 g/mol. The number of aliphatic hydroxyl groups excluding tert-OH is 1. The number of rotatable bonds is 3. The molecule has 19 heavy (non-hydrogen) atoms. The van der Waals surface area contributed by atoms with Crippen LogP contribution in [-0.2, 0) is 0 Å². The molecule has 1 heterocycles. The van der Waals surface area contributed by atoms with Gasteiger partial charge >= 0.3 is 5.51 Å². The number of aliphatic hydroxyl groups is 1. The Morgan fingerprint density at radius 2 is 1.89 bits per heavy atom. The number of benzene rings is 1. The number of likely N-dealkylation sites (tertiary alicyclic amines) is 1. The number of carbonyl (C=O) groups is 1. The molecule has 1 saturated heterocycles. The van der Waals surface area contributed by atoms with E-state index < -0.39 is 5.51 Å². The van der Waals surface area contributed by atoms with E-state index >= 15 is 0 Å². The minimum atomic E-state index is -4.32. The highest BCUT2D eigenvalue weighted by Crippen LogP contribution is 2.36. The lowest BCUT2D eigenvalue weighted by molar-refractivity contribution is -0.0328. The van der Waals surface area contributed by atoms with Gasteiger partial charge in [0.05, 0.1) is 0 Å². The van der Waals surface area contributed by atoms with Gasteiger partial charge in [-0.05, 0) is 36.0 Å². The quantitative estimate of drug-likeness (QED) is 0.869. The van der Waals surface area contributed by atoms with Gasteiger partial charge < -0.3 is 10.0 Å². The molecule has 0 spiro atoms. The number of carbonyl (C=O) groups excluding carboxylic acids is 1. The summed E-state index contributed by atoms with van der Waals surface area (Å²) >= 11 is -0.205. The van der Waals surface area contributed by atoms with Crippen molar-refractivity contribution in [1.82, 2.24) is 4.90 Å². The number of nitrogens with zero attached hydrogens (tertiary/aromatic N) is 1. The second-order valence-electron chi connectivity index (χ2n) is 4.33. The number of alkyl halides is 3. The Hall–Kier alpha value is -1.21. The van der Waals surface area contributed by atoms with Crippen molar-refractivity contribution < 1.29 is 23.1 Å².